The summed E-state index contributed by atoms with van der Waals surface area (Å²) in [7, 11) is 0. The number of rotatable bonds is 9. The molecule has 2 aliphatic rings. The van der Waals surface area contributed by atoms with E-state index in [-0.39, 0.29) is 34.6 Å². The van der Waals surface area contributed by atoms with E-state index in [0.29, 0.717) is 9.99 Å². The van der Waals surface area contributed by atoms with E-state index in [9.17, 15) is 9.90 Å². The number of carbonyl (C=O) groups is 1. The second-order valence-electron chi connectivity index (χ2n) is 9.79. The summed E-state index contributed by atoms with van der Waals surface area (Å²) in [6, 6.07) is 3.43. The van der Waals surface area contributed by atoms with Crippen LogP contribution in [-0.4, -0.2) is 46.9 Å². The van der Waals surface area contributed by atoms with Crippen LogP contribution in [0.4, 0.5) is 5.82 Å². The van der Waals surface area contributed by atoms with E-state index >= 15 is 0 Å². The summed E-state index contributed by atoms with van der Waals surface area (Å²) in [6.07, 6.45) is 8.43. The molecule has 186 valence electrons. The number of phenolic OH excluding ortho intramolecular Hbond substituents is 1. The van der Waals surface area contributed by atoms with Gasteiger partial charge in [0.1, 0.15) is 11.6 Å². The maximum absolute atomic E-state index is 12.7. The predicted molar refractivity (Wildman–Crippen MR) is 138 cm³/mol. The Kier molecular flexibility index (Phi) is 8.20. The van der Waals surface area contributed by atoms with Crippen molar-refractivity contribution in [2.45, 2.75) is 71.4 Å². The number of phenols is 1. The van der Waals surface area contributed by atoms with Crippen LogP contribution in [0.5, 0.6) is 5.75 Å². The van der Waals surface area contributed by atoms with Gasteiger partial charge < -0.3 is 14.7 Å². The molecule has 4 rings (SSSR count). The normalized spacial score (nSPS) is 20.4. The molecule has 2 atom stereocenters. The summed E-state index contributed by atoms with van der Waals surface area (Å²) in [6.45, 7) is 6.57. The molecule has 2 aromatic rings. The van der Waals surface area contributed by atoms with Crippen molar-refractivity contribution in [3.05, 3.63) is 21.9 Å². The monoisotopic (exact) mass is 552 g/mol. The minimum Gasteiger partial charge on any atom is -0.507 e. The molecular formula is C25H34BrClN4O3. The zero-order chi connectivity index (χ0) is 24.3. The molecule has 2 unspecified atom stereocenters. The Morgan fingerprint density at radius 3 is 2.71 bits per heavy atom. The number of piperidine rings is 1. The van der Waals surface area contributed by atoms with E-state index in [1.165, 1.54) is 25.7 Å². The third kappa shape index (κ3) is 5.44. The van der Waals surface area contributed by atoms with Gasteiger partial charge in [-0.05, 0) is 58.9 Å². The first-order valence-corrected chi connectivity index (χ1v) is 13.5. The molecule has 3 heterocycles. The quantitative estimate of drug-likeness (QED) is 0.230. The molecule has 34 heavy (non-hydrogen) atoms. The molecule has 2 saturated heterocycles. The van der Waals surface area contributed by atoms with Crippen LogP contribution in [0.3, 0.4) is 0 Å². The zero-order valence-electron chi connectivity index (χ0n) is 19.9. The topological polar surface area (TPSA) is 87.6 Å². The molecule has 7 nitrogen and oxygen atoms in total. The highest BCUT2D eigenvalue weighted by atomic mass is 79.9. The van der Waals surface area contributed by atoms with Gasteiger partial charge >= 0.3 is 5.97 Å². The number of unbranched alkanes of at least 4 members (excludes halogenated alkanes) is 4. The molecule has 2 N–H and O–H groups in total. The number of carbonyl (C=O) groups excluding carboxylic acids is 1. The number of nitrogens with zero attached hydrogens (tertiary/aromatic N) is 3. The maximum Gasteiger partial charge on any atom is 0.310 e. The summed E-state index contributed by atoms with van der Waals surface area (Å²) in [5, 5.41) is 14.5. The third-order valence-corrected chi connectivity index (χ3v) is 8.15. The van der Waals surface area contributed by atoms with Crippen LogP contribution < -0.4 is 10.2 Å². The fraction of sp³-hybridized carbons (Fsp3) is 0.640. The van der Waals surface area contributed by atoms with Gasteiger partial charge in [0.2, 0.25) is 5.28 Å². The van der Waals surface area contributed by atoms with Crippen LogP contribution >= 0.6 is 27.5 Å². The molecule has 0 radical (unpaired) electrons. The Morgan fingerprint density at radius 2 is 2.03 bits per heavy atom. The van der Waals surface area contributed by atoms with E-state index in [1.54, 1.807) is 12.1 Å². The average Bonchev–Trinajstić information content (AvgIpc) is 2.82. The largest absolute Gasteiger partial charge is 0.507 e. The standard InChI is InChI=1S/C25H34BrClN4O3/c1-3-4-5-6-7-8-16(2)22(33)34-23-25(15-28-23)9-11-31(12-10-25)21-17-13-20(32)18(26)14-19(17)29-24(27)30-21/h13-14,16,23,28,32H,3-12,15H2,1-2H3. The van der Waals surface area contributed by atoms with Crippen molar-refractivity contribution in [3.8, 4) is 5.75 Å². The van der Waals surface area contributed by atoms with Crippen LogP contribution in [-0.2, 0) is 9.53 Å². The van der Waals surface area contributed by atoms with Gasteiger partial charge in [-0.2, -0.15) is 4.98 Å². The third-order valence-electron chi connectivity index (χ3n) is 7.35. The summed E-state index contributed by atoms with van der Waals surface area (Å²) >= 11 is 9.54. The number of anilines is 1. The van der Waals surface area contributed by atoms with E-state index in [4.69, 9.17) is 16.3 Å². The molecule has 1 spiro atoms. The van der Waals surface area contributed by atoms with Crippen molar-refractivity contribution < 1.29 is 14.6 Å². The van der Waals surface area contributed by atoms with Gasteiger partial charge in [0.25, 0.3) is 0 Å². The average molecular weight is 554 g/mol. The maximum atomic E-state index is 12.7. The van der Waals surface area contributed by atoms with Crippen molar-refractivity contribution in [2.24, 2.45) is 11.3 Å². The summed E-state index contributed by atoms with van der Waals surface area (Å²) in [4.78, 5) is 23.7. The summed E-state index contributed by atoms with van der Waals surface area (Å²) in [5.74, 6) is 0.708. The smallest absolute Gasteiger partial charge is 0.310 e. The molecule has 1 aromatic carbocycles. The number of ether oxygens (including phenoxy) is 1. The lowest BCUT2D eigenvalue weighted by molar-refractivity contribution is -0.179. The molecule has 0 aliphatic carbocycles. The van der Waals surface area contributed by atoms with Gasteiger partial charge in [-0.25, -0.2) is 4.98 Å². The van der Waals surface area contributed by atoms with Gasteiger partial charge in [-0.15, -0.1) is 0 Å². The second kappa shape index (κ2) is 11.0. The SMILES string of the molecule is CCCCCCCC(C)C(=O)OC1NCC12CCN(c1nc(Cl)nc3cc(Br)c(O)cc13)CC2. The number of halogens is 2. The molecular weight excluding hydrogens is 520 g/mol. The number of aromatic hydroxyl groups is 1. The number of fused-ring (bicyclic) bond motifs is 1. The Labute approximate surface area is 214 Å². The van der Waals surface area contributed by atoms with Gasteiger partial charge in [0.15, 0.2) is 6.23 Å². The Bertz CT molecular complexity index is 1030. The number of hydrogen-bond acceptors (Lipinski definition) is 7. The lowest BCUT2D eigenvalue weighted by Gasteiger charge is -2.53. The first kappa shape index (κ1) is 25.5. The van der Waals surface area contributed by atoms with E-state index < -0.39 is 0 Å². The Hall–Kier alpha value is -1.64. The van der Waals surface area contributed by atoms with Crippen molar-refractivity contribution in [1.29, 1.82) is 0 Å². The molecule has 1 aromatic heterocycles. The lowest BCUT2D eigenvalue weighted by atomic mass is 9.71. The molecule has 0 saturated carbocycles. The Morgan fingerprint density at radius 1 is 1.29 bits per heavy atom. The fourth-order valence-corrected chi connectivity index (χ4v) is 5.49. The highest BCUT2D eigenvalue weighted by Crippen LogP contribution is 2.43. The highest BCUT2D eigenvalue weighted by Gasteiger charge is 2.51. The summed E-state index contributed by atoms with van der Waals surface area (Å²) < 4.78 is 6.49. The van der Waals surface area contributed by atoms with Gasteiger partial charge in [-0.1, -0.05) is 46.0 Å². The molecule has 0 amide bonds. The van der Waals surface area contributed by atoms with Crippen LogP contribution in [0, 0.1) is 11.3 Å². The number of esters is 1. The van der Waals surface area contributed by atoms with Gasteiger partial charge in [0, 0.05) is 30.4 Å². The van der Waals surface area contributed by atoms with Crippen LogP contribution in [0.25, 0.3) is 10.9 Å². The second-order valence-corrected chi connectivity index (χ2v) is 11.0. The minimum atomic E-state index is -0.226. The number of benzene rings is 1. The van der Waals surface area contributed by atoms with Crippen molar-refractivity contribution in [3.63, 3.8) is 0 Å². The predicted octanol–water partition coefficient (Wildman–Crippen LogP) is 5.81. The molecule has 2 fully saturated rings. The number of nitrogens with one attached hydrogen (secondary N) is 1. The van der Waals surface area contributed by atoms with Crippen LogP contribution in [0.2, 0.25) is 5.28 Å². The first-order chi connectivity index (χ1) is 16.3. The fourth-order valence-electron chi connectivity index (χ4n) is 4.98. The molecule has 2 aliphatic heterocycles. The van der Waals surface area contributed by atoms with E-state index in [0.717, 1.165) is 56.5 Å². The van der Waals surface area contributed by atoms with Crippen molar-refractivity contribution in [2.75, 3.05) is 24.5 Å². The zero-order valence-corrected chi connectivity index (χ0v) is 22.3. The number of aromatic nitrogens is 2. The first-order valence-electron chi connectivity index (χ1n) is 12.4. The lowest BCUT2D eigenvalue weighted by Crippen LogP contribution is -2.67. The van der Waals surface area contributed by atoms with Crippen LogP contribution in [0.15, 0.2) is 16.6 Å². The van der Waals surface area contributed by atoms with Crippen molar-refractivity contribution >= 4 is 50.2 Å². The van der Waals surface area contributed by atoms with Crippen molar-refractivity contribution in [1.82, 2.24) is 15.3 Å². The molecule has 0 bridgehead atoms. The molecule has 9 heteroatoms. The van der Waals surface area contributed by atoms with Gasteiger partial charge in [-0.3, -0.25) is 10.1 Å². The highest BCUT2D eigenvalue weighted by molar-refractivity contribution is 9.10. The van der Waals surface area contributed by atoms with E-state index in [1.807, 2.05) is 6.92 Å². The van der Waals surface area contributed by atoms with Crippen LogP contribution in [0.1, 0.15) is 65.2 Å². The Balaban J connectivity index is 1.35. The van der Waals surface area contributed by atoms with E-state index in [2.05, 4.69) is 43.0 Å². The number of hydrogen-bond donors (Lipinski definition) is 2. The minimum absolute atomic E-state index is 0.0369. The summed E-state index contributed by atoms with van der Waals surface area (Å²) in [5.41, 5.74) is 0.644. The van der Waals surface area contributed by atoms with Gasteiger partial charge in [0.05, 0.1) is 15.9 Å².